The van der Waals surface area contributed by atoms with Gasteiger partial charge in [-0.15, -0.1) is 11.3 Å². The molecule has 3 aliphatic rings. The predicted molar refractivity (Wildman–Crippen MR) is 191 cm³/mol. The minimum absolute atomic E-state index is 0.0491. The van der Waals surface area contributed by atoms with Gasteiger partial charge in [-0.25, -0.2) is 4.98 Å². The van der Waals surface area contributed by atoms with Crippen molar-refractivity contribution in [2.45, 2.75) is 37.3 Å². The van der Waals surface area contributed by atoms with E-state index in [4.69, 9.17) is 14.2 Å². The van der Waals surface area contributed by atoms with Crippen molar-refractivity contribution in [3.05, 3.63) is 85.6 Å². The number of imide groups is 2. The molecule has 2 fully saturated rings. The van der Waals surface area contributed by atoms with Crippen molar-refractivity contribution in [3.63, 3.8) is 0 Å². The van der Waals surface area contributed by atoms with Gasteiger partial charge in [-0.2, -0.15) is 0 Å². The number of carbonyl (C=O) groups excluding carboxylic acids is 4. The smallest absolute Gasteiger partial charge is 0.275 e. The summed E-state index contributed by atoms with van der Waals surface area (Å²) in [6, 6.07) is 11.8. The van der Waals surface area contributed by atoms with E-state index < -0.39 is 29.7 Å². The summed E-state index contributed by atoms with van der Waals surface area (Å²) in [5.74, 6) is -0.505. The molecule has 0 radical (unpaired) electrons. The van der Waals surface area contributed by atoms with Crippen LogP contribution < -0.4 is 25.7 Å². The minimum atomic E-state index is -1.04. The number of likely N-dealkylation sites (N-methyl/N-ethyl adjacent to an activating group) is 1. The zero-order valence-electron chi connectivity index (χ0n) is 27.6. The number of piperidine rings is 2. The Morgan fingerprint density at radius 1 is 0.980 bits per heavy atom. The molecule has 5 heterocycles. The zero-order chi connectivity index (χ0) is 35.6. The molecule has 0 saturated carbocycles. The lowest BCUT2D eigenvalue weighted by Gasteiger charge is -2.36. The molecule has 14 nitrogen and oxygen atoms in total. The van der Waals surface area contributed by atoms with E-state index in [-0.39, 0.29) is 60.5 Å². The maximum atomic E-state index is 13.2. The number of amides is 4. The summed E-state index contributed by atoms with van der Waals surface area (Å²) in [6.45, 7) is 2.71. The van der Waals surface area contributed by atoms with E-state index in [0.717, 1.165) is 30.2 Å². The van der Waals surface area contributed by atoms with Crippen LogP contribution in [0, 0.1) is 0 Å². The quantitative estimate of drug-likeness (QED) is 0.161. The van der Waals surface area contributed by atoms with Crippen LogP contribution in [0.4, 0.5) is 5.82 Å². The van der Waals surface area contributed by atoms with Crippen molar-refractivity contribution in [2.24, 2.45) is 0 Å². The highest BCUT2D eigenvalue weighted by molar-refractivity contribution is 9.10. The Hall–Kier alpha value is -4.64. The number of halogens is 1. The maximum absolute atomic E-state index is 13.2. The monoisotopic (exact) mass is 778 g/mol. The van der Waals surface area contributed by atoms with Gasteiger partial charge in [0, 0.05) is 37.1 Å². The first-order valence-corrected chi connectivity index (χ1v) is 18.2. The van der Waals surface area contributed by atoms with E-state index in [1.807, 2.05) is 17.5 Å². The van der Waals surface area contributed by atoms with Crippen molar-refractivity contribution < 1.29 is 33.4 Å². The third-order valence-corrected chi connectivity index (χ3v) is 10.6. The molecular weight excluding hydrogens is 744 g/mol. The van der Waals surface area contributed by atoms with E-state index >= 15 is 0 Å². The fraction of sp³-hybridized carbons (Fsp3) is 0.371. The number of likely N-dealkylation sites (tertiary alicyclic amines) is 1. The van der Waals surface area contributed by atoms with Gasteiger partial charge in [0.2, 0.25) is 11.8 Å². The van der Waals surface area contributed by atoms with Gasteiger partial charge in [-0.05, 0) is 71.6 Å². The molecular formula is C35H35BrN6O8S. The van der Waals surface area contributed by atoms with Crippen LogP contribution >= 0.6 is 27.3 Å². The number of rotatable bonds is 12. The van der Waals surface area contributed by atoms with Gasteiger partial charge in [-0.3, -0.25) is 38.6 Å². The van der Waals surface area contributed by atoms with Crippen LogP contribution in [0.25, 0.3) is 4.96 Å². The van der Waals surface area contributed by atoms with Gasteiger partial charge in [0.15, 0.2) is 4.96 Å². The van der Waals surface area contributed by atoms with Crippen molar-refractivity contribution in [3.8, 4) is 11.5 Å². The molecule has 0 bridgehead atoms. The number of hydrogen-bond donors (Lipinski definition) is 2. The molecule has 4 amide bonds. The third kappa shape index (κ3) is 7.26. The van der Waals surface area contributed by atoms with E-state index in [1.165, 1.54) is 27.4 Å². The van der Waals surface area contributed by atoms with Crippen molar-refractivity contribution >= 4 is 61.7 Å². The molecule has 16 heteroatoms. The van der Waals surface area contributed by atoms with E-state index in [1.54, 1.807) is 18.3 Å². The molecule has 7 rings (SSSR count). The molecule has 51 heavy (non-hydrogen) atoms. The molecule has 266 valence electrons. The molecule has 0 aliphatic carbocycles. The van der Waals surface area contributed by atoms with Gasteiger partial charge >= 0.3 is 0 Å². The normalized spacial score (nSPS) is 20.8. The predicted octanol–water partition coefficient (Wildman–Crippen LogP) is 3.29. The lowest BCUT2D eigenvalue weighted by molar-refractivity contribution is -0.136. The maximum Gasteiger partial charge on any atom is 0.275 e. The summed E-state index contributed by atoms with van der Waals surface area (Å²) >= 11 is 4.86. The second-order valence-electron chi connectivity index (χ2n) is 12.6. The van der Waals surface area contributed by atoms with E-state index in [9.17, 15) is 24.0 Å². The van der Waals surface area contributed by atoms with Gasteiger partial charge in [0.25, 0.3) is 17.4 Å². The highest BCUT2D eigenvalue weighted by atomic mass is 79.9. The number of ether oxygens (including phenoxy) is 3. The summed E-state index contributed by atoms with van der Waals surface area (Å²) < 4.78 is 19.3. The van der Waals surface area contributed by atoms with Crippen LogP contribution in [0.2, 0.25) is 0 Å². The average molecular weight is 780 g/mol. The molecule has 2 aromatic carbocycles. The zero-order valence-corrected chi connectivity index (χ0v) is 30.0. The number of carbonyl (C=O) groups is 4. The Morgan fingerprint density at radius 3 is 2.55 bits per heavy atom. The summed E-state index contributed by atoms with van der Waals surface area (Å²) in [4.78, 5) is 71.3. The number of aromatic nitrogens is 2. The van der Waals surface area contributed by atoms with Crippen LogP contribution in [0.5, 0.6) is 11.5 Å². The Bertz CT molecular complexity index is 2050. The Morgan fingerprint density at radius 2 is 1.76 bits per heavy atom. The first-order chi connectivity index (χ1) is 24.7. The second kappa shape index (κ2) is 14.9. The fourth-order valence-electron chi connectivity index (χ4n) is 6.79. The van der Waals surface area contributed by atoms with Gasteiger partial charge in [0.05, 0.1) is 24.3 Å². The molecule has 2 aromatic heterocycles. The van der Waals surface area contributed by atoms with Crippen molar-refractivity contribution in [2.75, 3.05) is 51.9 Å². The molecule has 2 saturated heterocycles. The molecule has 3 atom stereocenters. The minimum Gasteiger partial charge on any atom is -0.491 e. The van der Waals surface area contributed by atoms with Gasteiger partial charge in [-0.1, -0.05) is 18.2 Å². The Labute approximate surface area is 304 Å². The number of benzene rings is 2. The van der Waals surface area contributed by atoms with Crippen LogP contribution in [-0.2, 0) is 14.3 Å². The summed E-state index contributed by atoms with van der Waals surface area (Å²) in [7, 11) is 2.09. The lowest BCUT2D eigenvalue weighted by Crippen LogP contribution is -2.54. The molecule has 4 aromatic rings. The highest BCUT2D eigenvalue weighted by Gasteiger charge is 2.46. The van der Waals surface area contributed by atoms with Gasteiger partial charge in [0.1, 0.15) is 41.0 Å². The van der Waals surface area contributed by atoms with Gasteiger partial charge < -0.3 is 24.4 Å². The third-order valence-electron chi connectivity index (χ3n) is 9.15. The summed E-state index contributed by atoms with van der Waals surface area (Å²) in [5.41, 5.74) is 1.32. The Kier molecular flexibility index (Phi) is 10.2. The highest BCUT2D eigenvalue weighted by Crippen LogP contribution is 2.34. The van der Waals surface area contributed by atoms with Crippen molar-refractivity contribution in [1.29, 1.82) is 0 Å². The van der Waals surface area contributed by atoms with Crippen molar-refractivity contribution in [1.82, 2.24) is 24.5 Å². The lowest BCUT2D eigenvalue weighted by atomic mass is 9.88. The van der Waals surface area contributed by atoms with E-state index in [0.29, 0.717) is 28.5 Å². The fourth-order valence-corrected chi connectivity index (χ4v) is 7.89. The topological polar surface area (TPSA) is 161 Å². The first-order valence-electron chi connectivity index (χ1n) is 16.6. The molecule has 1 unspecified atom stereocenters. The number of nitrogens with zero attached hydrogens (tertiary/aromatic N) is 4. The van der Waals surface area contributed by atoms with Crippen LogP contribution in [0.1, 0.15) is 51.5 Å². The average Bonchev–Trinajstić information content (AvgIpc) is 3.69. The number of nitrogens with one attached hydrogen (secondary N) is 2. The number of fused-ring (bicyclic) bond motifs is 2. The van der Waals surface area contributed by atoms with Crippen LogP contribution in [0.15, 0.2) is 63.3 Å². The SMILES string of the molecule is CN1C[C@H](Nc2nc3sccn3c(=O)c2Br)C[C@H](c2ccc(OCCOCCOc3cccc4c3C(=O)N(C3CCC(=O)NC3=O)C4=O)cc2)C1. The second-order valence-corrected chi connectivity index (χ2v) is 14.3. The molecule has 0 spiro atoms. The largest absolute Gasteiger partial charge is 0.491 e. The first kappa shape index (κ1) is 34.8. The Balaban J connectivity index is 0.858. The molecule has 3 aliphatic heterocycles. The van der Waals surface area contributed by atoms with Crippen LogP contribution in [0.3, 0.4) is 0 Å². The summed E-state index contributed by atoms with van der Waals surface area (Å²) in [6.07, 6.45) is 2.74. The molecule has 2 N–H and O–H groups in total. The number of hydrogen-bond acceptors (Lipinski definition) is 12. The standard InChI is InChI=1S/C35H35BrN6O8S/c1-40-18-21(17-22(19-40)37-30-29(36)34(47)41-11-16-51-35(41)39-30)20-5-7-23(8-6-20)49-14-12-48-13-15-50-26-4-2-3-24-28(26)33(46)42(32(24)45)25-9-10-27(43)38-31(25)44/h2-8,11,16,21-22,25,37H,9-10,12-15,17-19H2,1H3,(H,38,43,44)/t21-,22+,25?/m0/s1. The van der Waals surface area contributed by atoms with E-state index in [2.05, 4.69) is 55.6 Å². The number of anilines is 1. The summed E-state index contributed by atoms with van der Waals surface area (Å²) in [5, 5.41) is 7.53. The van der Waals surface area contributed by atoms with Crippen LogP contribution in [-0.4, -0.2) is 101 Å². The number of thiazole rings is 1.